The molecule has 118 valence electrons. The van der Waals surface area contributed by atoms with Gasteiger partial charge in [-0.25, -0.2) is 0 Å². The predicted molar refractivity (Wildman–Crippen MR) is 88.7 cm³/mol. The second-order valence-corrected chi connectivity index (χ2v) is 6.05. The maximum absolute atomic E-state index is 12.2. The molecule has 1 rings (SSSR count). The summed E-state index contributed by atoms with van der Waals surface area (Å²) in [6, 6.07) is 5.16. The molecule has 1 unspecified atom stereocenters. The van der Waals surface area contributed by atoms with Crippen LogP contribution in [0.2, 0.25) is 0 Å². The zero-order valence-electron chi connectivity index (χ0n) is 13.1. The van der Waals surface area contributed by atoms with Crippen molar-refractivity contribution in [2.75, 3.05) is 20.8 Å². The average Bonchev–Trinajstić information content (AvgIpc) is 2.52. The van der Waals surface area contributed by atoms with E-state index in [9.17, 15) is 4.79 Å². The van der Waals surface area contributed by atoms with Crippen LogP contribution in [0.3, 0.4) is 0 Å². The van der Waals surface area contributed by atoms with Crippen LogP contribution in [0, 0.1) is 5.92 Å². The van der Waals surface area contributed by atoms with E-state index in [0.29, 0.717) is 29.5 Å². The largest absolute Gasteiger partial charge is 0.493 e. The van der Waals surface area contributed by atoms with Crippen molar-refractivity contribution in [2.24, 2.45) is 5.92 Å². The Balaban J connectivity index is 2.68. The van der Waals surface area contributed by atoms with E-state index in [2.05, 4.69) is 35.1 Å². The Morgan fingerprint density at radius 3 is 2.33 bits per heavy atom. The third-order valence-electron chi connectivity index (χ3n) is 3.66. The van der Waals surface area contributed by atoms with Crippen molar-refractivity contribution in [3.63, 3.8) is 0 Å². The number of nitrogens with one attached hydrogen (secondary N) is 1. The molecule has 1 atom stereocenters. The summed E-state index contributed by atoms with van der Waals surface area (Å²) in [6.45, 7) is 4.94. The van der Waals surface area contributed by atoms with Crippen molar-refractivity contribution in [2.45, 2.75) is 31.5 Å². The summed E-state index contributed by atoms with van der Waals surface area (Å²) in [5.41, 5.74) is 0.567. The average molecular weight is 358 g/mol. The van der Waals surface area contributed by atoms with E-state index in [4.69, 9.17) is 9.47 Å². The number of halogens is 1. The lowest BCUT2D eigenvalue weighted by atomic mass is 9.99. The fraction of sp³-hybridized carbons (Fsp3) is 0.562. The highest BCUT2D eigenvalue weighted by atomic mass is 79.9. The van der Waals surface area contributed by atoms with Crippen molar-refractivity contribution < 1.29 is 14.3 Å². The van der Waals surface area contributed by atoms with E-state index in [-0.39, 0.29) is 10.7 Å². The van der Waals surface area contributed by atoms with E-state index >= 15 is 0 Å². The Morgan fingerprint density at radius 1 is 1.19 bits per heavy atom. The van der Waals surface area contributed by atoms with Gasteiger partial charge >= 0.3 is 0 Å². The molecule has 4 nitrogen and oxygen atoms in total. The number of alkyl halides is 1. The Bertz CT molecular complexity index is 461. The first-order chi connectivity index (χ1) is 10.1. The van der Waals surface area contributed by atoms with E-state index in [1.807, 2.05) is 0 Å². The molecule has 0 radical (unpaired) electrons. The van der Waals surface area contributed by atoms with Crippen molar-refractivity contribution in [3.05, 3.63) is 23.8 Å². The smallest absolute Gasteiger partial charge is 0.251 e. The molecule has 0 aliphatic carbocycles. The molecule has 0 spiro atoms. The summed E-state index contributed by atoms with van der Waals surface area (Å²) in [6.07, 6.45) is 2.19. The molecule has 1 N–H and O–H groups in total. The predicted octanol–water partition coefficient (Wildman–Crippen LogP) is 3.63. The van der Waals surface area contributed by atoms with Crippen molar-refractivity contribution in [3.8, 4) is 11.5 Å². The van der Waals surface area contributed by atoms with E-state index in [0.717, 1.165) is 12.8 Å². The summed E-state index contributed by atoms with van der Waals surface area (Å²) in [7, 11) is 3.13. The lowest BCUT2D eigenvalue weighted by Crippen LogP contribution is -2.32. The molecule has 21 heavy (non-hydrogen) atoms. The number of carbonyl (C=O) groups is 1. The van der Waals surface area contributed by atoms with Gasteiger partial charge in [-0.15, -0.1) is 0 Å². The SMILES string of the molecule is CCC(CC)C(Br)CNC(=O)c1ccc(OC)c(OC)c1. The molecule has 0 saturated carbocycles. The van der Waals surface area contributed by atoms with Crippen LogP contribution < -0.4 is 14.8 Å². The van der Waals surface area contributed by atoms with Crippen LogP contribution in [-0.2, 0) is 0 Å². The maximum Gasteiger partial charge on any atom is 0.251 e. The molecular formula is C16H24BrNO3. The van der Waals surface area contributed by atoms with Gasteiger partial charge < -0.3 is 14.8 Å². The van der Waals surface area contributed by atoms with Gasteiger partial charge in [0.2, 0.25) is 0 Å². The topological polar surface area (TPSA) is 47.6 Å². The molecule has 0 heterocycles. The molecule has 0 aliphatic heterocycles. The van der Waals surface area contributed by atoms with Gasteiger partial charge in [0.15, 0.2) is 11.5 Å². The fourth-order valence-electron chi connectivity index (χ4n) is 2.24. The number of benzene rings is 1. The Morgan fingerprint density at radius 2 is 1.81 bits per heavy atom. The molecule has 1 aromatic rings. The molecule has 0 aliphatic rings. The van der Waals surface area contributed by atoms with Crippen LogP contribution in [0.4, 0.5) is 0 Å². The first-order valence-electron chi connectivity index (χ1n) is 7.21. The van der Waals surface area contributed by atoms with Crippen molar-refractivity contribution in [1.29, 1.82) is 0 Å². The fourth-order valence-corrected chi connectivity index (χ4v) is 3.15. The molecular weight excluding hydrogens is 334 g/mol. The van der Waals surface area contributed by atoms with E-state index < -0.39 is 0 Å². The minimum Gasteiger partial charge on any atom is -0.493 e. The van der Waals surface area contributed by atoms with Crippen LogP contribution in [0.5, 0.6) is 11.5 Å². The van der Waals surface area contributed by atoms with Gasteiger partial charge in [0.25, 0.3) is 5.91 Å². The highest BCUT2D eigenvalue weighted by Crippen LogP contribution is 2.27. The lowest BCUT2D eigenvalue weighted by Gasteiger charge is -2.20. The first-order valence-corrected chi connectivity index (χ1v) is 8.13. The number of rotatable bonds is 8. The number of amides is 1. The summed E-state index contributed by atoms with van der Waals surface area (Å²) in [5, 5.41) is 2.95. The van der Waals surface area contributed by atoms with Gasteiger partial charge in [0.05, 0.1) is 14.2 Å². The lowest BCUT2D eigenvalue weighted by molar-refractivity contribution is 0.0951. The van der Waals surface area contributed by atoms with Crippen LogP contribution >= 0.6 is 15.9 Å². The third-order valence-corrected chi connectivity index (χ3v) is 4.73. The molecule has 0 saturated heterocycles. The highest BCUT2D eigenvalue weighted by molar-refractivity contribution is 9.09. The van der Waals surface area contributed by atoms with Crippen molar-refractivity contribution >= 4 is 21.8 Å². The van der Waals surface area contributed by atoms with E-state index in [1.165, 1.54) is 0 Å². The molecule has 0 fully saturated rings. The zero-order chi connectivity index (χ0) is 15.8. The molecule has 0 bridgehead atoms. The third kappa shape index (κ3) is 4.92. The van der Waals surface area contributed by atoms with E-state index in [1.54, 1.807) is 32.4 Å². The number of methoxy groups -OCH3 is 2. The van der Waals surface area contributed by atoms with Crippen LogP contribution in [0.15, 0.2) is 18.2 Å². The molecule has 5 heteroatoms. The zero-order valence-corrected chi connectivity index (χ0v) is 14.7. The van der Waals surface area contributed by atoms with Gasteiger partial charge in [-0.05, 0) is 24.1 Å². The summed E-state index contributed by atoms with van der Waals surface area (Å²) in [4.78, 5) is 12.5. The Kier molecular flexibility index (Phi) is 7.57. The quantitative estimate of drug-likeness (QED) is 0.722. The molecule has 1 amide bonds. The Labute approximate surface area is 135 Å². The van der Waals surface area contributed by atoms with Crippen LogP contribution in [0.25, 0.3) is 0 Å². The van der Waals surface area contributed by atoms with Crippen molar-refractivity contribution in [1.82, 2.24) is 5.32 Å². The van der Waals surface area contributed by atoms with Crippen LogP contribution in [-0.4, -0.2) is 31.5 Å². The second kappa shape index (κ2) is 8.93. The first kappa shape index (κ1) is 17.8. The van der Waals surface area contributed by atoms with Gasteiger partial charge in [0, 0.05) is 16.9 Å². The minimum absolute atomic E-state index is 0.105. The van der Waals surface area contributed by atoms with Gasteiger partial charge in [-0.2, -0.15) is 0 Å². The summed E-state index contributed by atoms with van der Waals surface area (Å²) >= 11 is 3.66. The molecule has 0 aromatic heterocycles. The monoisotopic (exact) mass is 357 g/mol. The number of hydrogen-bond acceptors (Lipinski definition) is 3. The van der Waals surface area contributed by atoms with Gasteiger partial charge in [-0.1, -0.05) is 42.6 Å². The molecule has 1 aromatic carbocycles. The highest BCUT2D eigenvalue weighted by Gasteiger charge is 2.17. The summed E-state index contributed by atoms with van der Waals surface area (Å²) < 4.78 is 10.4. The normalized spacial score (nSPS) is 12.1. The van der Waals surface area contributed by atoms with Gasteiger partial charge in [0.1, 0.15) is 0 Å². The number of carbonyl (C=O) groups excluding carboxylic acids is 1. The maximum atomic E-state index is 12.2. The standard InChI is InChI=1S/C16H24BrNO3/c1-5-11(6-2)13(17)10-18-16(19)12-7-8-14(20-3)15(9-12)21-4/h7-9,11,13H,5-6,10H2,1-4H3,(H,18,19). The second-order valence-electron chi connectivity index (χ2n) is 4.87. The number of hydrogen-bond donors (Lipinski definition) is 1. The minimum atomic E-state index is -0.105. The van der Waals surface area contributed by atoms with Gasteiger partial charge in [-0.3, -0.25) is 4.79 Å². The summed E-state index contributed by atoms with van der Waals surface area (Å²) in [5.74, 6) is 1.63. The number of ether oxygens (including phenoxy) is 2. The Hall–Kier alpha value is -1.23. The van der Waals surface area contributed by atoms with Crippen LogP contribution in [0.1, 0.15) is 37.0 Å².